The van der Waals surface area contributed by atoms with Crippen LogP contribution in [0.25, 0.3) is 10.9 Å². The number of benzene rings is 2. The molecule has 0 aliphatic rings. The second-order valence-electron chi connectivity index (χ2n) is 6.39. The summed E-state index contributed by atoms with van der Waals surface area (Å²) >= 11 is 0. The van der Waals surface area contributed by atoms with Crippen molar-refractivity contribution in [2.45, 2.75) is 26.3 Å². The summed E-state index contributed by atoms with van der Waals surface area (Å²) in [7, 11) is 0. The number of carbonyl (C=O) groups is 2. The average Bonchev–Trinajstić information content (AvgIpc) is 2.69. The molecule has 0 radical (unpaired) electrons. The molecule has 28 heavy (non-hydrogen) atoms. The zero-order valence-corrected chi connectivity index (χ0v) is 15.6. The number of fused-ring (bicyclic) bond motifs is 1. The number of rotatable bonds is 7. The van der Waals surface area contributed by atoms with Crippen molar-refractivity contribution >= 4 is 28.5 Å². The summed E-state index contributed by atoms with van der Waals surface area (Å²) < 4.78 is 6.24. The van der Waals surface area contributed by atoms with Crippen LogP contribution >= 0.6 is 0 Å². The molecular weight excluding hydrogens is 358 g/mol. The first kappa shape index (κ1) is 19.3. The lowest BCUT2D eigenvalue weighted by atomic mass is 10.1. The number of aromatic nitrogens is 2. The van der Waals surface area contributed by atoms with Crippen molar-refractivity contribution in [2.75, 3.05) is 11.9 Å². The summed E-state index contributed by atoms with van der Waals surface area (Å²) in [6.45, 7) is 1.42. The van der Waals surface area contributed by atoms with E-state index in [0.29, 0.717) is 23.1 Å². The first-order chi connectivity index (χ1) is 13.5. The second kappa shape index (κ2) is 8.94. The number of anilines is 1. The lowest BCUT2D eigenvalue weighted by Crippen LogP contribution is -2.22. The lowest BCUT2D eigenvalue weighted by Gasteiger charge is -2.09. The molecule has 7 heteroatoms. The number of ether oxygens (including phenoxy) is 1. The zero-order chi connectivity index (χ0) is 19.9. The predicted octanol–water partition coefficient (Wildman–Crippen LogP) is 2.53. The number of amides is 1. The topological polar surface area (TPSA) is 90.3 Å². The van der Waals surface area contributed by atoms with Crippen LogP contribution in [0.2, 0.25) is 0 Å². The fourth-order valence-corrected chi connectivity index (χ4v) is 2.86. The van der Waals surface area contributed by atoms with Crippen molar-refractivity contribution in [1.82, 2.24) is 9.55 Å². The third kappa shape index (κ3) is 5.03. The molecule has 144 valence electrons. The van der Waals surface area contributed by atoms with E-state index in [0.717, 1.165) is 12.8 Å². The van der Waals surface area contributed by atoms with Crippen LogP contribution in [0.5, 0.6) is 0 Å². The zero-order valence-electron chi connectivity index (χ0n) is 15.6. The van der Waals surface area contributed by atoms with Crippen LogP contribution in [0.3, 0.4) is 0 Å². The maximum absolute atomic E-state index is 12.8. The number of hydrogen-bond acceptors (Lipinski definition) is 5. The fourth-order valence-electron chi connectivity index (χ4n) is 2.86. The second-order valence-corrected chi connectivity index (χ2v) is 6.39. The molecule has 3 rings (SSSR count). The minimum atomic E-state index is -0.531. The van der Waals surface area contributed by atoms with Gasteiger partial charge >= 0.3 is 5.97 Å². The molecule has 2 aromatic carbocycles. The molecule has 0 saturated heterocycles. The average molecular weight is 379 g/mol. The van der Waals surface area contributed by atoms with Crippen molar-refractivity contribution in [3.05, 3.63) is 70.8 Å². The third-order valence-corrected chi connectivity index (χ3v) is 4.22. The van der Waals surface area contributed by atoms with Gasteiger partial charge in [0, 0.05) is 19.2 Å². The molecule has 0 aliphatic heterocycles. The Labute approximate surface area is 162 Å². The Morgan fingerprint density at radius 2 is 1.93 bits per heavy atom. The lowest BCUT2D eigenvalue weighted by molar-refractivity contribution is -0.144. The van der Waals surface area contributed by atoms with Gasteiger partial charge in [-0.15, -0.1) is 0 Å². The molecule has 1 heterocycles. The van der Waals surface area contributed by atoms with Gasteiger partial charge in [0.25, 0.3) is 11.5 Å². The van der Waals surface area contributed by atoms with Crippen LogP contribution < -0.4 is 10.9 Å². The number of nitrogens with zero attached hydrogens (tertiary/aromatic N) is 2. The molecule has 0 bridgehead atoms. The Morgan fingerprint density at radius 1 is 1.14 bits per heavy atom. The molecular formula is C21H21N3O4. The Morgan fingerprint density at radius 3 is 2.68 bits per heavy atom. The van der Waals surface area contributed by atoms with Crippen LogP contribution in [-0.2, 0) is 27.3 Å². The summed E-state index contributed by atoms with van der Waals surface area (Å²) in [4.78, 5) is 39.7. The minimum Gasteiger partial charge on any atom is -0.456 e. The van der Waals surface area contributed by atoms with Crippen molar-refractivity contribution in [3.63, 3.8) is 0 Å². The highest BCUT2D eigenvalue weighted by atomic mass is 16.5. The number of hydrogen-bond donors (Lipinski definition) is 1. The van der Waals surface area contributed by atoms with E-state index < -0.39 is 11.9 Å². The van der Waals surface area contributed by atoms with E-state index in [1.165, 1.54) is 12.5 Å². The SMILES string of the molecule is CC(=O)OCC(=O)Nc1ccc2ncn(CCCc3ccccc3)c(=O)c2c1. The van der Waals surface area contributed by atoms with E-state index in [4.69, 9.17) is 0 Å². The van der Waals surface area contributed by atoms with E-state index in [1.54, 1.807) is 29.1 Å². The molecule has 0 saturated carbocycles. The monoisotopic (exact) mass is 379 g/mol. The third-order valence-electron chi connectivity index (χ3n) is 4.22. The number of aryl methyl sites for hydroxylation is 2. The maximum Gasteiger partial charge on any atom is 0.303 e. The van der Waals surface area contributed by atoms with Gasteiger partial charge in [-0.2, -0.15) is 0 Å². The first-order valence-electron chi connectivity index (χ1n) is 8.99. The first-order valence-corrected chi connectivity index (χ1v) is 8.99. The van der Waals surface area contributed by atoms with Gasteiger partial charge in [0.05, 0.1) is 17.2 Å². The molecule has 0 unspecified atom stereocenters. The van der Waals surface area contributed by atoms with Gasteiger partial charge in [0.15, 0.2) is 6.61 Å². The van der Waals surface area contributed by atoms with Crippen LogP contribution in [-0.4, -0.2) is 28.0 Å². The van der Waals surface area contributed by atoms with Crippen molar-refractivity contribution in [3.8, 4) is 0 Å². The molecule has 7 nitrogen and oxygen atoms in total. The van der Waals surface area contributed by atoms with Crippen LogP contribution in [0, 0.1) is 0 Å². The van der Waals surface area contributed by atoms with Gasteiger partial charge in [-0.1, -0.05) is 30.3 Å². The van der Waals surface area contributed by atoms with E-state index in [1.807, 2.05) is 18.2 Å². The Hall–Kier alpha value is -3.48. The molecule has 3 aromatic rings. The predicted molar refractivity (Wildman–Crippen MR) is 106 cm³/mol. The van der Waals surface area contributed by atoms with Gasteiger partial charge in [0.1, 0.15) is 0 Å². The highest BCUT2D eigenvalue weighted by Gasteiger charge is 2.08. The smallest absolute Gasteiger partial charge is 0.303 e. The summed E-state index contributed by atoms with van der Waals surface area (Å²) in [6.07, 6.45) is 3.24. The standard InChI is InChI=1S/C21H21N3O4/c1-15(25)28-13-20(26)23-17-9-10-19-18(12-17)21(27)24(14-22-19)11-5-8-16-6-3-2-4-7-16/h2-4,6-7,9-10,12,14H,5,8,11,13H2,1H3,(H,23,26). The number of nitrogens with one attached hydrogen (secondary N) is 1. The quantitative estimate of drug-likeness (QED) is 0.637. The molecule has 1 aromatic heterocycles. The molecule has 1 amide bonds. The van der Waals surface area contributed by atoms with Crippen LogP contribution in [0.1, 0.15) is 18.9 Å². The minimum absolute atomic E-state index is 0.158. The van der Waals surface area contributed by atoms with Crippen molar-refractivity contribution in [2.24, 2.45) is 0 Å². The largest absolute Gasteiger partial charge is 0.456 e. The molecule has 0 aliphatic carbocycles. The normalized spacial score (nSPS) is 10.6. The number of carbonyl (C=O) groups excluding carboxylic acids is 2. The van der Waals surface area contributed by atoms with E-state index in [2.05, 4.69) is 27.2 Å². The summed E-state index contributed by atoms with van der Waals surface area (Å²) in [5.41, 5.74) is 2.07. The highest BCUT2D eigenvalue weighted by molar-refractivity contribution is 5.94. The molecule has 0 spiro atoms. The van der Waals surface area contributed by atoms with Crippen LogP contribution in [0.4, 0.5) is 5.69 Å². The maximum atomic E-state index is 12.8. The van der Waals surface area contributed by atoms with E-state index >= 15 is 0 Å². The van der Waals surface area contributed by atoms with E-state index in [9.17, 15) is 14.4 Å². The van der Waals surface area contributed by atoms with Crippen LogP contribution in [0.15, 0.2) is 59.7 Å². The van der Waals surface area contributed by atoms with Gasteiger partial charge in [-0.3, -0.25) is 19.0 Å². The van der Waals surface area contributed by atoms with Gasteiger partial charge in [0.2, 0.25) is 0 Å². The Kier molecular flexibility index (Phi) is 6.16. The van der Waals surface area contributed by atoms with Crippen molar-refractivity contribution in [1.29, 1.82) is 0 Å². The number of esters is 1. The van der Waals surface area contributed by atoms with Gasteiger partial charge < -0.3 is 10.1 Å². The van der Waals surface area contributed by atoms with Gasteiger partial charge in [-0.05, 0) is 36.6 Å². The molecule has 0 atom stereocenters. The Balaban J connectivity index is 1.71. The fraction of sp³-hybridized carbons (Fsp3) is 0.238. The van der Waals surface area contributed by atoms with Gasteiger partial charge in [-0.25, -0.2) is 4.98 Å². The highest BCUT2D eigenvalue weighted by Crippen LogP contribution is 2.14. The summed E-state index contributed by atoms with van der Waals surface area (Å²) in [5, 5.41) is 3.03. The molecule has 1 N–H and O–H groups in total. The summed E-state index contributed by atoms with van der Waals surface area (Å²) in [6, 6.07) is 15.0. The summed E-state index contributed by atoms with van der Waals surface area (Å²) in [5.74, 6) is -1.00. The Bertz CT molecular complexity index is 1040. The van der Waals surface area contributed by atoms with E-state index in [-0.39, 0.29) is 12.2 Å². The molecule has 0 fully saturated rings. The van der Waals surface area contributed by atoms with Crippen molar-refractivity contribution < 1.29 is 14.3 Å².